The molecule has 0 fully saturated rings. The maximum Gasteiger partial charge on any atom is 0.469 e. The molecular weight excluding hydrogens is 949 g/mol. The van der Waals surface area contributed by atoms with Gasteiger partial charge in [-0.25, -0.2) is 9.36 Å². The highest BCUT2D eigenvalue weighted by molar-refractivity contribution is 7.46. The zero-order valence-electron chi connectivity index (χ0n) is 39.1. The van der Waals surface area contributed by atoms with Crippen LogP contribution in [0.15, 0.2) is 29.3 Å². The zero-order chi connectivity index (χ0) is 53.3. The summed E-state index contributed by atoms with van der Waals surface area (Å²) in [5, 5.41) is 52.2. The lowest BCUT2D eigenvalue weighted by molar-refractivity contribution is -0.142. The Morgan fingerprint density at radius 2 is 1.11 bits per heavy atom. The molecule has 1 aromatic rings. The Balaban J connectivity index is 3.61. The van der Waals surface area contributed by atoms with E-state index in [1.807, 2.05) is 0 Å². The van der Waals surface area contributed by atoms with Gasteiger partial charge in [-0.15, -0.1) is 0 Å². The van der Waals surface area contributed by atoms with E-state index in [1.54, 1.807) is 13.8 Å². The molecule has 0 saturated heterocycles. The van der Waals surface area contributed by atoms with Gasteiger partial charge in [0.05, 0.1) is 12.1 Å². The van der Waals surface area contributed by atoms with Gasteiger partial charge in [-0.05, 0) is 88.4 Å². The Morgan fingerprint density at radius 1 is 0.643 bits per heavy atom. The van der Waals surface area contributed by atoms with Gasteiger partial charge in [0.25, 0.3) is 0 Å². The smallest absolute Gasteiger partial charge is 0.469 e. The quantitative estimate of drug-likeness (QED) is 0.0139. The first-order chi connectivity index (χ1) is 32.6. The number of nitrogens with one attached hydrogen (secondary N) is 6. The number of hydrogen-bond acceptors (Lipinski definition) is 15. The molecule has 1 aromatic carbocycles. The van der Waals surface area contributed by atoms with E-state index in [-0.39, 0.29) is 75.7 Å². The van der Waals surface area contributed by atoms with Crippen LogP contribution in [0.1, 0.15) is 90.5 Å². The molecule has 1 rings (SSSR count). The van der Waals surface area contributed by atoms with Crippen molar-refractivity contribution < 1.29 is 82.5 Å². The second-order valence-electron chi connectivity index (χ2n) is 16.6. The second kappa shape index (κ2) is 30.9. The summed E-state index contributed by atoms with van der Waals surface area (Å²) in [6.07, 6.45) is -4.20. The van der Waals surface area contributed by atoms with Crippen LogP contribution in [0, 0.1) is 5.92 Å². The molecule has 20 N–H and O–H groups in total. The lowest BCUT2D eigenvalue weighted by Crippen LogP contribution is -2.62. The summed E-state index contributed by atoms with van der Waals surface area (Å²) in [5.74, 6) is -11.3. The maximum absolute atomic E-state index is 14.1. The van der Waals surface area contributed by atoms with Crippen molar-refractivity contribution in [1.29, 1.82) is 0 Å². The van der Waals surface area contributed by atoms with Crippen molar-refractivity contribution in [2.45, 2.75) is 140 Å². The van der Waals surface area contributed by atoms with E-state index in [4.69, 9.17) is 32.6 Å². The first kappa shape index (κ1) is 61.6. The van der Waals surface area contributed by atoms with Gasteiger partial charge < -0.3 is 85.0 Å². The number of rotatable bonds is 34. The molecule has 0 bridgehead atoms. The van der Waals surface area contributed by atoms with E-state index >= 15 is 0 Å². The molecule has 0 spiro atoms. The number of phenolic OH excluding ortho intramolecular Hbond substituents is 1. The van der Waals surface area contributed by atoms with Gasteiger partial charge in [0, 0.05) is 25.8 Å². The number of unbranched alkanes of at least 4 members (excludes halogenated alkanes) is 1. The van der Waals surface area contributed by atoms with Crippen molar-refractivity contribution in [1.82, 2.24) is 31.9 Å². The molecule has 28 nitrogen and oxygen atoms in total. The number of amides is 6. The standard InChI is InChI=1S/C41H68N11O17P/c1-21(2)19-29(50-34(58)25(43)13-15-31(54)55)38(62)48-26(7-4-5-17-42)37(61)52-33(22(3)69-70(66,67)68)39(63)49-28(14-16-32(56)57)36(60)47-27(8-6-18-46-41(44)45)35(59)51-30(40(64)65)20-23-9-11-24(53)12-10-23/h9-12,21-22,25-30,33,53H,4-8,13-20,42-43H2,1-3H3,(H,47,60)(H,48,62)(H,49,63)(H,50,58)(H,51,59)(H,52,61)(H,54,55)(H,56,57)(H,64,65)(H4,44,45,46)(H2,66,67,68)/t22-,25+,26+,27+,28+,29+,30+,33+/m1/s1. The van der Waals surface area contributed by atoms with E-state index < -0.39 is 129 Å². The van der Waals surface area contributed by atoms with Crippen molar-refractivity contribution in [3.63, 3.8) is 0 Å². The number of aromatic hydroxyl groups is 1. The highest BCUT2D eigenvalue weighted by Crippen LogP contribution is 2.38. The lowest BCUT2D eigenvalue weighted by Gasteiger charge is -2.30. The van der Waals surface area contributed by atoms with Crippen molar-refractivity contribution in [2.24, 2.45) is 33.8 Å². The first-order valence-electron chi connectivity index (χ1n) is 22.1. The minimum absolute atomic E-state index is 0.0110. The maximum atomic E-state index is 14.1. The van der Waals surface area contributed by atoms with Crippen LogP contribution in [0.5, 0.6) is 5.75 Å². The average Bonchev–Trinajstić information content (AvgIpc) is 3.25. The average molecular weight is 1020 g/mol. The van der Waals surface area contributed by atoms with Crippen LogP contribution < -0.4 is 54.8 Å². The normalized spacial score (nSPS) is 14.7. The van der Waals surface area contributed by atoms with Gasteiger partial charge in [-0.2, -0.15) is 0 Å². The van der Waals surface area contributed by atoms with E-state index in [9.17, 15) is 72.8 Å². The van der Waals surface area contributed by atoms with Crippen LogP contribution in [-0.2, 0) is 58.7 Å². The number of carboxylic acid groups (broad SMARTS) is 3. The highest BCUT2D eigenvalue weighted by atomic mass is 31.2. The van der Waals surface area contributed by atoms with Crippen LogP contribution in [0.3, 0.4) is 0 Å². The Bertz CT molecular complexity index is 2020. The van der Waals surface area contributed by atoms with Gasteiger partial charge >= 0.3 is 25.7 Å². The van der Waals surface area contributed by atoms with E-state index in [0.29, 0.717) is 12.0 Å². The summed E-state index contributed by atoms with van der Waals surface area (Å²) < 4.78 is 16.7. The summed E-state index contributed by atoms with van der Waals surface area (Å²) in [6, 6.07) is -5.87. The number of aliphatic imine (C=N–C) groups is 1. The topological polar surface area (TPSA) is 490 Å². The molecule has 0 saturated carbocycles. The van der Waals surface area contributed by atoms with Crippen molar-refractivity contribution in [3.8, 4) is 5.75 Å². The SMILES string of the molecule is CC(C)C[C@H](NC(=O)[C@@H](N)CCC(=O)O)C(=O)N[C@@H](CCCCN)C(=O)N[C@H](C(=O)N[C@@H](CCC(=O)O)C(=O)N[C@@H](CCCN=C(N)N)C(=O)N[C@@H](Cc1ccc(O)cc1)C(=O)O)[C@@H](C)OP(=O)(O)O. The van der Waals surface area contributed by atoms with Crippen molar-refractivity contribution in [3.05, 3.63) is 29.8 Å². The molecule has 8 atom stereocenters. The Kier molecular flexibility index (Phi) is 27.2. The highest BCUT2D eigenvalue weighted by Gasteiger charge is 2.38. The third kappa shape index (κ3) is 25.2. The number of carbonyl (C=O) groups excluding carboxylic acids is 6. The first-order valence-corrected chi connectivity index (χ1v) is 23.7. The Morgan fingerprint density at radius 3 is 1.61 bits per heavy atom. The number of phenols is 1. The largest absolute Gasteiger partial charge is 0.508 e. The van der Waals surface area contributed by atoms with Crippen molar-refractivity contribution in [2.75, 3.05) is 13.1 Å². The van der Waals surface area contributed by atoms with Gasteiger partial charge in [0.2, 0.25) is 35.4 Å². The van der Waals surface area contributed by atoms with Crippen LogP contribution in [0.2, 0.25) is 0 Å². The van der Waals surface area contributed by atoms with Gasteiger partial charge in [0.1, 0.15) is 42.0 Å². The summed E-state index contributed by atoms with van der Waals surface area (Å²) in [5.41, 5.74) is 22.7. The summed E-state index contributed by atoms with van der Waals surface area (Å²) in [6.45, 7) is 4.49. The molecule has 0 heterocycles. The molecule has 6 amide bonds. The number of benzene rings is 1. The predicted octanol–water partition coefficient (Wildman–Crippen LogP) is -3.29. The van der Waals surface area contributed by atoms with Crippen LogP contribution >= 0.6 is 7.82 Å². The number of carboxylic acids is 3. The molecule has 70 heavy (non-hydrogen) atoms. The Hall–Kier alpha value is -6.45. The minimum atomic E-state index is -5.44. The summed E-state index contributed by atoms with van der Waals surface area (Å²) >= 11 is 0. The van der Waals surface area contributed by atoms with Crippen molar-refractivity contribution >= 4 is 67.1 Å². The third-order valence-electron chi connectivity index (χ3n) is 10.1. The van der Waals surface area contributed by atoms with E-state index in [0.717, 1.165) is 6.92 Å². The number of phosphoric acid groups is 1. The third-order valence-corrected chi connectivity index (χ3v) is 10.7. The van der Waals surface area contributed by atoms with Crippen LogP contribution in [-0.4, -0.2) is 151 Å². The molecule has 0 unspecified atom stereocenters. The number of guanidine groups is 1. The fourth-order valence-electron chi connectivity index (χ4n) is 6.54. The number of hydrogen-bond donors (Lipinski definition) is 16. The van der Waals surface area contributed by atoms with Crippen LogP contribution in [0.4, 0.5) is 0 Å². The van der Waals surface area contributed by atoms with E-state index in [1.165, 1.54) is 24.3 Å². The molecule has 29 heteroatoms. The molecule has 0 aliphatic rings. The summed E-state index contributed by atoms with van der Waals surface area (Å²) in [7, 11) is -5.44. The number of phosphoric ester groups is 1. The molecule has 0 aromatic heterocycles. The zero-order valence-corrected chi connectivity index (χ0v) is 40.0. The van der Waals surface area contributed by atoms with Gasteiger partial charge in [-0.1, -0.05) is 26.0 Å². The number of aliphatic carboxylic acids is 3. The number of carbonyl (C=O) groups is 9. The van der Waals surface area contributed by atoms with E-state index in [2.05, 4.69) is 36.9 Å². The summed E-state index contributed by atoms with van der Waals surface area (Å²) in [4.78, 5) is 141. The molecular formula is C41H68N11O17P. The monoisotopic (exact) mass is 1020 g/mol. The molecule has 0 radical (unpaired) electrons. The number of nitrogens with zero attached hydrogens (tertiary/aromatic N) is 1. The molecule has 0 aliphatic carbocycles. The van der Waals surface area contributed by atoms with Gasteiger partial charge in [-0.3, -0.25) is 47.9 Å². The number of nitrogens with two attached hydrogens (primary N) is 4. The fourth-order valence-corrected chi connectivity index (χ4v) is 7.09. The minimum Gasteiger partial charge on any atom is -0.508 e. The molecule has 0 aliphatic heterocycles. The molecule has 394 valence electrons. The fraction of sp³-hybridized carbons (Fsp3) is 0.610. The predicted molar refractivity (Wildman–Crippen MR) is 248 cm³/mol. The lowest BCUT2D eigenvalue weighted by atomic mass is 10.0. The van der Waals surface area contributed by atoms with Crippen LogP contribution in [0.25, 0.3) is 0 Å². The Labute approximate surface area is 403 Å². The second-order valence-corrected chi connectivity index (χ2v) is 17.8. The van der Waals surface area contributed by atoms with Gasteiger partial charge in [0.15, 0.2) is 5.96 Å².